The minimum Gasteiger partial charge on any atom is -0.481 e. The molecule has 2 aromatic rings. The number of carboxylic acids is 1. The second-order valence-corrected chi connectivity index (χ2v) is 6.42. The number of hydrogen-bond donors (Lipinski definition) is 2. The van der Waals surface area contributed by atoms with Crippen molar-refractivity contribution in [3.05, 3.63) is 16.6 Å². The van der Waals surface area contributed by atoms with Crippen LogP contribution in [-0.2, 0) is 4.79 Å². The summed E-state index contributed by atoms with van der Waals surface area (Å²) < 4.78 is 0.645. The molecule has 0 radical (unpaired) electrons. The minimum atomic E-state index is -0.860. The van der Waals surface area contributed by atoms with Gasteiger partial charge in [-0.1, -0.05) is 23.1 Å². The van der Waals surface area contributed by atoms with Gasteiger partial charge in [-0.2, -0.15) is 0 Å². The number of thiazole rings is 1. The summed E-state index contributed by atoms with van der Waals surface area (Å²) in [4.78, 5) is 14.6. The highest BCUT2D eigenvalue weighted by Crippen LogP contribution is 2.28. The molecule has 1 unspecified atom stereocenters. The first kappa shape index (κ1) is 13.2. The number of nitrogens with zero attached hydrogens (tertiary/aromatic N) is 3. The molecular formula is C9H10N4O2S3. The number of anilines is 1. The monoisotopic (exact) mass is 302 g/mol. The van der Waals surface area contributed by atoms with E-state index in [1.54, 1.807) is 17.5 Å². The highest BCUT2D eigenvalue weighted by atomic mass is 32.2. The molecule has 1 atom stereocenters. The van der Waals surface area contributed by atoms with Crippen LogP contribution >= 0.6 is 34.4 Å². The number of aliphatic carboxylic acids is 1. The second-order valence-electron chi connectivity index (χ2n) is 3.29. The fourth-order valence-corrected chi connectivity index (χ4v) is 3.35. The van der Waals surface area contributed by atoms with Crippen molar-refractivity contribution in [2.75, 3.05) is 11.1 Å². The summed E-state index contributed by atoms with van der Waals surface area (Å²) in [6.07, 6.45) is 1.76. The van der Waals surface area contributed by atoms with Crippen LogP contribution in [0.15, 0.2) is 15.9 Å². The van der Waals surface area contributed by atoms with E-state index in [0.717, 1.165) is 5.01 Å². The van der Waals surface area contributed by atoms with Crippen molar-refractivity contribution in [2.24, 2.45) is 0 Å². The summed E-state index contributed by atoms with van der Waals surface area (Å²) in [6, 6.07) is 0.0651. The van der Waals surface area contributed by atoms with Crippen LogP contribution in [0.25, 0.3) is 0 Å². The molecule has 2 rings (SSSR count). The second kappa shape index (κ2) is 6.12. The summed E-state index contributed by atoms with van der Waals surface area (Å²) >= 11 is 4.08. The molecule has 0 saturated carbocycles. The first-order valence-corrected chi connectivity index (χ1v) is 7.67. The molecule has 2 N–H and O–H groups in total. The van der Waals surface area contributed by atoms with Gasteiger partial charge in [-0.3, -0.25) is 4.79 Å². The normalized spacial score (nSPS) is 12.3. The molecule has 0 bridgehead atoms. The zero-order valence-electron chi connectivity index (χ0n) is 9.36. The van der Waals surface area contributed by atoms with E-state index in [2.05, 4.69) is 20.5 Å². The molecular weight excluding hydrogens is 292 g/mol. The number of nitrogens with one attached hydrogen (secondary N) is 1. The van der Waals surface area contributed by atoms with Crippen molar-refractivity contribution in [3.63, 3.8) is 0 Å². The maximum atomic E-state index is 10.4. The summed E-state index contributed by atoms with van der Waals surface area (Å²) in [5, 5.41) is 23.2. The number of aromatic nitrogens is 3. The van der Waals surface area contributed by atoms with Gasteiger partial charge in [0.05, 0.1) is 11.8 Å². The van der Waals surface area contributed by atoms with Gasteiger partial charge < -0.3 is 10.4 Å². The van der Waals surface area contributed by atoms with Crippen LogP contribution in [0.5, 0.6) is 0 Å². The van der Waals surface area contributed by atoms with Gasteiger partial charge in [0, 0.05) is 11.6 Å². The molecule has 18 heavy (non-hydrogen) atoms. The van der Waals surface area contributed by atoms with Gasteiger partial charge in [-0.05, 0) is 6.92 Å². The van der Waals surface area contributed by atoms with E-state index in [4.69, 9.17) is 5.11 Å². The van der Waals surface area contributed by atoms with Crippen LogP contribution in [0.4, 0.5) is 5.13 Å². The van der Waals surface area contributed by atoms with E-state index in [9.17, 15) is 4.79 Å². The summed E-state index contributed by atoms with van der Waals surface area (Å²) in [5.41, 5.74) is 0. The smallest absolute Gasteiger partial charge is 0.313 e. The van der Waals surface area contributed by atoms with Gasteiger partial charge in [0.2, 0.25) is 5.13 Å². The number of carboxylic acid groups (broad SMARTS) is 1. The van der Waals surface area contributed by atoms with Gasteiger partial charge >= 0.3 is 5.97 Å². The maximum absolute atomic E-state index is 10.4. The molecule has 0 aliphatic heterocycles. The van der Waals surface area contributed by atoms with Crippen LogP contribution < -0.4 is 5.32 Å². The summed E-state index contributed by atoms with van der Waals surface area (Å²) in [6.45, 7) is 1.99. The molecule has 2 heterocycles. The highest BCUT2D eigenvalue weighted by Gasteiger charge is 2.12. The van der Waals surface area contributed by atoms with Crippen LogP contribution in [0.2, 0.25) is 0 Å². The fraction of sp³-hybridized carbons (Fsp3) is 0.333. The Morgan fingerprint density at radius 2 is 2.44 bits per heavy atom. The maximum Gasteiger partial charge on any atom is 0.313 e. The third-order valence-corrected chi connectivity index (χ3v) is 4.82. The van der Waals surface area contributed by atoms with Crippen molar-refractivity contribution in [1.29, 1.82) is 0 Å². The average Bonchev–Trinajstić information content (AvgIpc) is 2.97. The average molecular weight is 302 g/mol. The molecule has 0 aliphatic rings. The molecule has 9 heteroatoms. The first-order chi connectivity index (χ1) is 8.65. The lowest BCUT2D eigenvalue weighted by Crippen LogP contribution is -2.05. The Morgan fingerprint density at radius 1 is 1.61 bits per heavy atom. The van der Waals surface area contributed by atoms with E-state index in [0.29, 0.717) is 9.47 Å². The zero-order chi connectivity index (χ0) is 13.0. The topological polar surface area (TPSA) is 88.0 Å². The fourth-order valence-electron chi connectivity index (χ4n) is 1.15. The van der Waals surface area contributed by atoms with E-state index in [1.165, 1.54) is 23.1 Å². The van der Waals surface area contributed by atoms with Crippen LogP contribution in [0, 0.1) is 0 Å². The van der Waals surface area contributed by atoms with Gasteiger partial charge in [0.15, 0.2) is 4.34 Å². The third-order valence-electron chi connectivity index (χ3n) is 1.89. The number of rotatable bonds is 6. The first-order valence-electron chi connectivity index (χ1n) is 4.99. The molecule has 0 fully saturated rings. The molecule has 0 aromatic carbocycles. The Bertz CT molecular complexity index is 514. The van der Waals surface area contributed by atoms with E-state index >= 15 is 0 Å². The van der Waals surface area contributed by atoms with Crippen LogP contribution in [0.1, 0.15) is 18.0 Å². The largest absolute Gasteiger partial charge is 0.481 e. The molecule has 96 valence electrons. The Morgan fingerprint density at radius 3 is 3.11 bits per heavy atom. The van der Waals surface area contributed by atoms with Gasteiger partial charge in [0.25, 0.3) is 0 Å². The Kier molecular flexibility index (Phi) is 4.50. The lowest BCUT2D eigenvalue weighted by molar-refractivity contribution is -0.133. The van der Waals surface area contributed by atoms with E-state index in [1.807, 2.05) is 12.3 Å². The van der Waals surface area contributed by atoms with Gasteiger partial charge in [-0.25, -0.2) is 4.98 Å². The number of thioether (sulfide) groups is 1. The molecule has 0 aliphatic carbocycles. The minimum absolute atomic E-state index is 0.00331. The van der Waals surface area contributed by atoms with Gasteiger partial charge in [0.1, 0.15) is 5.01 Å². The quantitative estimate of drug-likeness (QED) is 0.792. The lowest BCUT2D eigenvalue weighted by atomic mass is 10.4. The number of hydrogen-bond acceptors (Lipinski definition) is 8. The Balaban J connectivity index is 1.92. The van der Waals surface area contributed by atoms with Crippen molar-refractivity contribution in [2.45, 2.75) is 17.3 Å². The number of carbonyl (C=O) groups is 1. The lowest BCUT2D eigenvalue weighted by Gasteiger charge is -2.08. The van der Waals surface area contributed by atoms with Crippen LogP contribution in [-0.4, -0.2) is 32.0 Å². The predicted octanol–water partition coefficient (Wildman–Crippen LogP) is 2.34. The van der Waals surface area contributed by atoms with Crippen molar-refractivity contribution >= 4 is 45.5 Å². The molecule has 6 nitrogen and oxygen atoms in total. The molecule has 0 amide bonds. The standard InChI is InChI=1S/C9H10N4O2S3/c1-5(7-10-2-3-16-7)11-8-12-13-9(18-8)17-4-6(14)15/h2-3,5H,4H2,1H3,(H,11,12)(H,14,15). The van der Waals surface area contributed by atoms with Crippen LogP contribution in [0.3, 0.4) is 0 Å². The van der Waals surface area contributed by atoms with E-state index < -0.39 is 5.97 Å². The molecule has 2 aromatic heterocycles. The predicted molar refractivity (Wildman–Crippen MR) is 72.4 cm³/mol. The zero-order valence-corrected chi connectivity index (χ0v) is 11.8. The Hall–Kier alpha value is -1.19. The highest BCUT2D eigenvalue weighted by molar-refractivity contribution is 8.01. The third kappa shape index (κ3) is 3.65. The summed E-state index contributed by atoms with van der Waals surface area (Å²) in [7, 11) is 0. The van der Waals surface area contributed by atoms with Gasteiger partial charge in [-0.15, -0.1) is 21.5 Å². The van der Waals surface area contributed by atoms with Crippen molar-refractivity contribution < 1.29 is 9.90 Å². The van der Waals surface area contributed by atoms with Crippen molar-refractivity contribution in [1.82, 2.24) is 15.2 Å². The van der Waals surface area contributed by atoms with E-state index in [-0.39, 0.29) is 11.8 Å². The van der Waals surface area contributed by atoms with Crippen molar-refractivity contribution in [3.8, 4) is 0 Å². The Labute approximate surface area is 115 Å². The summed E-state index contributed by atoms with van der Waals surface area (Å²) in [5.74, 6) is -0.864. The SMILES string of the molecule is CC(Nc1nnc(SCC(=O)O)s1)c1nccs1. The molecule has 0 saturated heterocycles. The molecule has 0 spiro atoms.